The van der Waals surface area contributed by atoms with E-state index in [4.69, 9.17) is 9.47 Å². The highest BCUT2D eigenvalue weighted by molar-refractivity contribution is 5.78. The average molecular weight is 574 g/mol. The lowest BCUT2D eigenvalue weighted by Crippen LogP contribution is -2.44. The van der Waals surface area contributed by atoms with Gasteiger partial charge in [0.15, 0.2) is 5.82 Å². The first kappa shape index (κ1) is 27.7. The Bertz CT molecular complexity index is 1360. The lowest BCUT2D eigenvalue weighted by atomic mass is 9.93. The number of hydrogen-bond acceptors (Lipinski definition) is 8. The average Bonchev–Trinajstić information content (AvgIpc) is 3.57. The largest absolute Gasteiger partial charge is 0.474 e. The number of fused-ring (bicyclic) bond motifs is 1. The minimum absolute atomic E-state index is 0.0295. The van der Waals surface area contributed by atoms with Crippen molar-refractivity contribution in [2.45, 2.75) is 56.8 Å². The lowest BCUT2D eigenvalue weighted by Gasteiger charge is -2.30. The molecule has 1 N–H and O–H groups in total. The molecule has 6 rings (SSSR count). The Morgan fingerprint density at radius 2 is 1.83 bits per heavy atom. The van der Waals surface area contributed by atoms with Gasteiger partial charge in [0.1, 0.15) is 18.1 Å². The Hall–Kier alpha value is -3.45. The number of amides is 1. The fourth-order valence-electron chi connectivity index (χ4n) is 5.81. The van der Waals surface area contributed by atoms with Crippen LogP contribution in [0.4, 0.5) is 19.1 Å². The topological polar surface area (TPSA) is 97.6 Å². The van der Waals surface area contributed by atoms with E-state index in [-0.39, 0.29) is 30.4 Å². The molecular weight excluding hydrogens is 539 g/mol. The molecule has 2 saturated heterocycles. The van der Waals surface area contributed by atoms with Crippen LogP contribution in [-0.4, -0.2) is 94.6 Å². The van der Waals surface area contributed by atoms with Gasteiger partial charge in [0, 0.05) is 38.3 Å². The van der Waals surface area contributed by atoms with Crippen LogP contribution >= 0.6 is 0 Å². The molecule has 3 aliphatic rings. The first-order valence-electron chi connectivity index (χ1n) is 14.2. The number of carbonyl (C=O) groups excluding carboxylic acids is 1. The molecule has 1 aromatic carbocycles. The van der Waals surface area contributed by atoms with E-state index in [0.29, 0.717) is 81.5 Å². The molecule has 2 aromatic heterocycles. The zero-order valence-corrected chi connectivity index (χ0v) is 22.7. The summed E-state index contributed by atoms with van der Waals surface area (Å²) in [4.78, 5) is 29.7. The van der Waals surface area contributed by atoms with Gasteiger partial charge < -0.3 is 19.7 Å². The third kappa shape index (κ3) is 6.40. The monoisotopic (exact) mass is 573 g/mol. The summed E-state index contributed by atoms with van der Waals surface area (Å²) < 4.78 is 54.8. The van der Waals surface area contributed by atoms with Crippen LogP contribution in [-0.2, 0) is 9.53 Å². The SMILES string of the molecule is O=C(CN1CC[C@@H](F)C1)N[C@H]1CC[C@H](Oc2cc(-n3c(C(F)F)nc4ccccc43)nc(N3CCOCC3)n2)CC1. The van der Waals surface area contributed by atoms with Crippen LogP contribution < -0.4 is 15.0 Å². The van der Waals surface area contributed by atoms with Crippen molar-refractivity contribution in [1.29, 1.82) is 0 Å². The van der Waals surface area contributed by atoms with Gasteiger partial charge in [-0.2, -0.15) is 9.97 Å². The molecule has 0 unspecified atom stereocenters. The van der Waals surface area contributed by atoms with Crippen LogP contribution in [0.3, 0.4) is 0 Å². The summed E-state index contributed by atoms with van der Waals surface area (Å²) in [6.07, 6.45) is -0.458. The van der Waals surface area contributed by atoms with Crippen LogP contribution in [0.5, 0.6) is 5.88 Å². The van der Waals surface area contributed by atoms with Crippen molar-refractivity contribution in [3.05, 3.63) is 36.2 Å². The number of hydrogen-bond donors (Lipinski definition) is 1. The highest BCUT2D eigenvalue weighted by atomic mass is 19.3. The summed E-state index contributed by atoms with van der Waals surface area (Å²) in [6.45, 7) is 3.32. The van der Waals surface area contributed by atoms with Gasteiger partial charge in [-0.1, -0.05) is 12.1 Å². The Kier molecular flexibility index (Phi) is 8.24. The molecule has 1 atom stereocenters. The molecule has 1 saturated carbocycles. The number of anilines is 1. The highest BCUT2D eigenvalue weighted by Gasteiger charge is 2.28. The van der Waals surface area contributed by atoms with E-state index in [1.807, 2.05) is 9.80 Å². The number of nitrogens with zero attached hydrogens (tertiary/aromatic N) is 6. The van der Waals surface area contributed by atoms with E-state index < -0.39 is 18.4 Å². The van der Waals surface area contributed by atoms with Crippen molar-refractivity contribution in [1.82, 2.24) is 29.7 Å². The number of imidazole rings is 1. The second kappa shape index (κ2) is 12.2. The van der Waals surface area contributed by atoms with E-state index in [1.54, 1.807) is 30.3 Å². The van der Waals surface area contributed by atoms with Crippen molar-refractivity contribution in [3.8, 4) is 11.7 Å². The van der Waals surface area contributed by atoms with Crippen LogP contribution in [0.2, 0.25) is 0 Å². The summed E-state index contributed by atoms with van der Waals surface area (Å²) >= 11 is 0. The summed E-state index contributed by atoms with van der Waals surface area (Å²) in [5.74, 6) is 0.477. The van der Waals surface area contributed by atoms with Crippen LogP contribution in [0.1, 0.15) is 44.4 Å². The number of alkyl halides is 3. The molecular formula is C28H34F3N7O3. The van der Waals surface area contributed by atoms with Crippen molar-refractivity contribution < 1.29 is 27.4 Å². The number of morpholine rings is 1. The molecule has 13 heteroatoms. The maximum Gasteiger partial charge on any atom is 0.296 e. The number of benzene rings is 1. The maximum absolute atomic E-state index is 14.1. The number of para-hydroxylation sites is 2. The van der Waals surface area contributed by atoms with Crippen LogP contribution in [0, 0.1) is 0 Å². The van der Waals surface area contributed by atoms with E-state index in [2.05, 4.69) is 20.3 Å². The summed E-state index contributed by atoms with van der Waals surface area (Å²) in [7, 11) is 0. The third-order valence-corrected chi connectivity index (χ3v) is 7.89. The Morgan fingerprint density at radius 1 is 1.05 bits per heavy atom. The summed E-state index contributed by atoms with van der Waals surface area (Å²) in [5, 5.41) is 3.07. The number of ether oxygens (including phenoxy) is 2. The Balaban J connectivity index is 1.18. The Morgan fingerprint density at radius 3 is 2.56 bits per heavy atom. The number of aromatic nitrogens is 4. The van der Waals surface area contributed by atoms with Crippen molar-refractivity contribution in [2.24, 2.45) is 0 Å². The minimum atomic E-state index is -2.80. The number of halogens is 3. The lowest BCUT2D eigenvalue weighted by molar-refractivity contribution is -0.123. The van der Waals surface area contributed by atoms with Crippen LogP contribution in [0.25, 0.3) is 16.9 Å². The van der Waals surface area contributed by atoms with Gasteiger partial charge in [-0.3, -0.25) is 14.3 Å². The van der Waals surface area contributed by atoms with Gasteiger partial charge >= 0.3 is 0 Å². The maximum atomic E-state index is 14.1. The third-order valence-electron chi connectivity index (χ3n) is 7.89. The van der Waals surface area contributed by atoms with Crippen molar-refractivity contribution in [3.63, 3.8) is 0 Å². The quantitative estimate of drug-likeness (QED) is 0.438. The summed E-state index contributed by atoms with van der Waals surface area (Å²) in [5.41, 5.74) is 0.971. The van der Waals surface area contributed by atoms with Crippen molar-refractivity contribution >= 4 is 22.9 Å². The van der Waals surface area contributed by atoms with E-state index in [0.717, 1.165) is 12.8 Å². The minimum Gasteiger partial charge on any atom is -0.474 e. The molecule has 220 valence electrons. The van der Waals surface area contributed by atoms with E-state index in [9.17, 15) is 18.0 Å². The van der Waals surface area contributed by atoms with Gasteiger partial charge in [0.25, 0.3) is 6.43 Å². The number of likely N-dealkylation sites (tertiary alicyclic amines) is 1. The fraction of sp³-hybridized carbons (Fsp3) is 0.571. The molecule has 4 heterocycles. The predicted molar refractivity (Wildman–Crippen MR) is 145 cm³/mol. The predicted octanol–water partition coefficient (Wildman–Crippen LogP) is 3.44. The zero-order chi connectivity index (χ0) is 28.3. The molecule has 41 heavy (non-hydrogen) atoms. The second-order valence-corrected chi connectivity index (χ2v) is 10.8. The standard InChI is InChI=1S/C28H34F3N7O3/c29-18-9-10-36(16-18)17-24(39)32-19-5-7-20(8-6-19)41-25-15-23(34-28(35-25)37-11-13-40-14-12-37)38-22-4-2-1-3-21(22)33-27(38)26(30)31/h1-4,15,18-20,26H,5-14,16-17H2,(H,32,39)/t18-,19-,20-/m1/s1. The van der Waals surface area contributed by atoms with Gasteiger partial charge in [-0.15, -0.1) is 0 Å². The van der Waals surface area contributed by atoms with Gasteiger partial charge in [0.05, 0.1) is 30.8 Å². The van der Waals surface area contributed by atoms with Gasteiger partial charge in [0.2, 0.25) is 17.7 Å². The number of nitrogens with one attached hydrogen (secondary N) is 1. The number of carbonyl (C=O) groups is 1. The smallest absolute Gasteiger partial charge is 0.296 e. The first-order chi connectivity index (χ1) is 19.9. The summed E-state index contributed by atoms with van der Waals surface area (Å²) in [6, 6.07) is 8.58. The molecule has 3 aromatic rings. The molecule has 1 amide bonds. The Labute approximate surface area is 235 Å². The fourth-order valence-corrected chi connectivity index (χ4v) is 5.81. The molecule has 1 aliphatic carbocycles. The second-order valence-electron chi connectivity index (χ2n) is 10.8. The number of rotatable bonds is 8. The molecule has 0 spiro atoms. The van der Waals surface area contributed by atoms with Crippen LogP contribution in [0.15, 0.2) is 30.3 Å². The van der Waals surface area contributed by atoms with E-state index in [1.165, 1.54) is 4.57 Å². The van der Waals surface area contributed by atoms with Gasteiger partial charge in [-0.05, 0) is 44.2 Å². The molecule has 2 aliphatic heterocycles. The molecule has 3 fully saturated rings. The van der Waals surface area contributed by atoms with Gasteiger partial charge in [-0.25, -0.2) is 18.2 Å². The van der Waals surface area contributed by atoms with Crippen molar-refractivity contribution in [2.75, 3.05) is 50.8 Å². The molecule has 0 radical (unpaired) electrons. The van der Waals surface area contributed by atoms with E-state index >= 15 is 0 Å². The molecule has 0 bridgehead atoms. The molecule has 10 nitrogen and oxygen atoms in total. The normalized spacial score (nSPS) is 23.8. The first-order valence-corrected chi connectivity index (χ1v) is 14.2. The zero-order valence-electron chi connectivity index (χ0n) is 22.7. The highest BCUT2D eigenvalue weighted by Crippen LogP contribution is 2.31.